The number of hydrogen-bond donors (Lipinski definition) is 0. The minimum Gasteiger partial charge on any atom is -0.496 e. The summed E-state index contributed by atoms with van der Waals surface area (Å²) in [6.45, 7) is 7.91. The number of fused-ring (bicyclic) bond motifs is 3. The normalized spacial score (nSPS) is 12.0. The van der Waals surface area contributed by atoms with E-state index in [0.29, 0.717) is 11.4 Å². The zero-order valence-corrected chi connectivity index (χ0v) is 20.0. The van der Waals surface area contributed by atoms with Crippen molar-refractivity contribution in [2.45, 2.75) is 27.7 Å². The monoisotopic (exact) mass is 452 g/mol. The van der Waals surface area contributed by atoms with Gasteiger partial charge in [-0.25, -0.2) is 0 Å². The van der Waals surface area contributed by atoms with Crippen molar-refractivity contribution in [3.05, 3.63) is 64.7 Å². The predicted molar refractivity (Wildman–Crippen MR) is 130 cm³/mol. The molecule has 2 aromatic carbocycles. The van der Waals surface area contributed by atoms with Crippen molar-refractivity contribution in [2.75, 3.05) is 7.11 Å². The minimum atomic E-state index is 0.519. The van der Waals surface area contributed by atoms with Crippen LogP contribution in [0, 0.1) is 39.1 Å². The Labute approximate surface area is 196 Å². The Morgan fingerprint density at radius 3 is 2.41 bits per heavy atom. The van der Waals surface area contributed by atoms with Crippen LogP contribution in [0.5, 0.6) is 5.75 Å². The number of nitriles is 1. The molecule has 0 fully saturated rings. The molecule has 0 saturated carbocycles. The molecular weight excluding hydrogens is 428 g/mol. The Hall–Kier alpha value is -4.38. The lowest BCUT2D eigenvalue weighted by molar-refractivity contribution is 0.393. The summed E-state index contributed by atoms with van der Waals surface area (Å²) < 4.78 is 15.1. The fourth-order valence-electron chi connectivity index (χ4n) is 4.76. The Bertz CT molecular complexity index is 1670. The quantitative estimate of drug-likeness (QED) is 0.367. The summed E-state index contributed by atoms with van der Waals surface area (Å²) in [4.78, 5) is 8.92. The average molecular weight is 453 g/mol. The second-order valence-corrected chi connectivity index (χ2v) is 8.51. The maximum absolute atomic E-state index is 9.45. The first-order valence-electron chi connectivity index (χ1n) is 10.9. The van der Waals surface area contributed by atoms with E-state index in [9.17, 15) is 5.26 Å². The maximum Gasteiger partial charge on any atom is 0.226 e. The van der Waals surface area contributed by atoms with Crippen LogP contribution in [0.1, 0.15) is 22.6 Å². The molecule has 0 unspecified atom stereocenters. The molecule has 170 valence electrons. The van der Waals surface area contributed by atoms with Gasteiger partial charge in [0.1, 0.15) is 11.5 Å². The van der Waals surface area contributed by atoms with Crippen LogP contribution in [0.15, 0.2) is 46.0 Å². The van der Waals surface area contributed by atoms with E-state index < -0.39 is 0 Å². The predicted octanol–water partition coefficient (Wildman–Crippen LogP) is 4.80. The van der Waals surface area contributed by atoms with Gasteiger partial charge in [0.15, 0.2) is 0 Å². The van der Waals surface area contributed by atoms with Crippen LogP contribution in [0.4, 0.5) is 0 Å². The Balaban J connectivity index is 1.96. The van der Waals surface area contributed by atoms with Gasteiger partial charge in [-0.15, -0.1) is 4.99 Å². The van der Waals surface area contributed by atoms with Crippen LogP contribution < -0.4 is 10.4 Å². The second-order valence-electron chi connectivity index (χ2n) is 8.51. The van der Waals surface area contributed by atoms with Gasteiger partial charge in [0.05, 0.1) is 41.1 Å². The molecule has 0 saturated heterocycles. The van der Waals surface area contributed by atoms with Gasteiger partial charge in [-0.2, -0.15) is 5.26 Å². The zero-order chi connectivity index (χ0) is 24.1. The molecule has 0 aliphatic carbocycles. The largest absolute Gasteiger partial charge is 0.496 e. The van der Waals surface area contributed by atoms with Crippen LogP contribution in [-0.4, -0.2) is 26.4 Å². The molecule has 0 bridgehead atoms. The van der Waals surface area contributed by atoms with Crippen molar-refractivity contribution in [3.8, 4) is 28.8 Å². The number of nitrogens with zero attached hydrogens (tertiary/aromatic N) is 6. The van der Waals surface area contributed by atoms with Gasteiger partial charge in [-0.3, -0.25) is 9.55 Å². The first-order valence-corrected chi connectivity index (χ1v) is 10.9. The summed E-state index contributed by atoms with van der Waals surface area (Å²) in [6.07, 6.45) is 3.77. The molecule has 0 spiro atoms. The highest BCUT2D eigenvalue weighted by Gasteiger charge is 2.21. The number of pyridine rings is 1. The van der Waals surface area contributed by atoms with Crippen molar-refractivity contribution in [2.24, 2.45) is 12.0 Å². The summed E-state index contributed by atoms with van der Waals surface area (Å²) in [5, 5.41) is 14.4. The van der Waals surface area contributed by atoms with E-state index in [1.54, 1.807) is 7.11 Å². The molecule has 0 radical (unpaired) electrons. The van der Waals surface area contributed by atoms with Crippen LogP contribution in [0.3, 0.4) is 0 Å². The van der Waals surface area contributed by atoms with Crippen molar-refractivity contribution < 1.29 is 9.26 Å². The molecule has 0 atom stereocenters. The molecular formula is C26H24N6O2. The highest BCUT2D eigenvalue weighted by molar-refractivity contribution is 6.05. The van der Waals surface area contributed by atoms with Gasteiger partial charge in [0.25, 0.3) is 0 Å². The summed E-state index contributed by atoms with van der Waals surface area (Å²) in [7, 11) is 3.54. The van der Waals surface area contributed by atoms with Crippen LogP contribution >= 0.6 is 0 Å². The lowest BCUT2D eigenvalue weighted by Gasteiger charge is -2.13. The number of hydrogen-bond acceptors (Lipinski definition) is 6. The van der Waals surface area contributed by atoms with Crippen molar-refractivity contribution in [1.82, 2.24) is 19.3 Å². The fraction of sp³-hybridized carbons (Fsp3) is 0.231. The Morgan fingerprint density at radius 2 is 1.79 bits per heavy atom. The van der Waals surface area contributed by atoms with E-state index in [0.717, 1.165) is 61.3 Å². The lowest BCUT2D eigenvalue weighted by atomic mass is 10.0. The molecule has 5 aromatic rings. The Kier molecular flexibility index (Phi) is 4.98. The Morgan fingerprint density at radius 1 is 1.06 bits per heavy atom. The van der Waals surface area contributed by atoms with E-state index in [2.05, 4.69) is 42.2 Å². The second kappa shape index (κ2) is 7.89. The number of methoxy groups -OCH3 is 1. The third-order valence-electron chi connectivity index (χ3n) is 6.14. The summed E-state index contributed by atoms with van der Waals surface area (Å²) in [5.74, 6) is 1.40. The molecule has 5 rings (SSSR count). The third kappa shape index (κ3) is 3.17. The van der Waals surface area contributed by atoms with E-state index in [1.807, 2.05) is 54.6 Å². The molecule has 0 amide bonds. The summed E-state index contributed by atoms with van der Waals surface area (Å²) in [5.41, 5.74) is 8.79. The molecule has 34 heavy (non-hydrogen) atoms. The standard InChI is InChI=1S/C26H24N6O2/c1-14-7-15(2)9-18(8-14)32-25-19-11-23(33-6)20(24-16(3)30-34-17(24)4)10-21(19)28-12-22(25)31(5)26(32)29-13-27/h7-12H,1-6H3/b29-26+. The number of aryl methyl sites for hydroxylation is 5. The number of rotatable bonds is 3. The minimum absolute atomic E-state index is 0.519. The van der Waals surface area contributed by atoms with E-state index in [1.165, 1.54) is 0 Å². The van der Waals surface area contributed by atoms with E-state index in [-0.39, 0.29) is 0 Å². The zero-order valence-electron chi connectivity index (χ0n) is 20.0. The number of aromatic nitrogens is 4. The first kappa shape index (κ1) is 21.5. The highest BCUT2D eigenvalue weighted by Crippen LogP contribution is 2.39. The fourth-order valence-corrected chi connectivity index (χ4v) is 4.76. The topological polar surface area (TPSA) is 94.2 Å². The summed E-state index contributed by atoms with van der Waals surface area (Å²) in [6, 6.07) is 10.3. The highest BCUT2D eigenvalue weighted by atomic mass is 16.5. The van der Waals surface area contributed by atoms with Crippen LogP contribution in [0.2, 0.25) is 0 Å². The van der Waals surface area contributed by atoms with Crippen LogP contribution in [-0.2, 0) is 7.05 Å². The average Bonchev–Trinajstić information content (AvgIpc) is 3.28. The van der Waals surface area contributed by atoms with Crippen LogP contribution in [0.25, 0.3) is 38.8 Å². The molecule has 0 aliphatic rings. The molecule has 8 heteroatoms. The summed E-state index contributed by atoms with van der Waals surface area (Å²) >= 11 is 0. The molecule has 3 aromatic heterocycles. The van der Waals surface area contributed by atoms with Gasteiger partial charge >= 0.3 is 0 Å². The molecule has 0 N–H and O–H groups in total. The van der Waals surface area contributed by atoms with Crippen molar-refractivity contribution >= 4 is 21.9 Å². The van der Waals surface area contributed by atoms with Crippen molar-refractivity contribution in [1.29, 1.82) is 5.26 Å². The SMILES string of the molecule is COc1cc2c(cc1-c1c(C)noc1C)ncc1c2n(-c2cc(C)cc(C)c2)/c(=N/C#N)n1C. The van der Waals surface area contributed by atoms with E-state index in [4.69, 9.17) is 14.2 Å². The van der Waals surface area contributed by atoms with Gasteiger partial charge in [-0.05, 0) is 63.1 Å². The first-order chi connectivity index (χ1) is 16.3. The molecule has 8 nitrogen and oxygen atoms in total. The van der Waals surface area contributed by atoms with Gasteiger partial charge < -0.3 is 13.8 Å². The number of benzene rings is 2. The molecule has 3 heterocycles. The lowest BCUT2D eigenvalue weighted by Crippen LogP contribution is -2.23. The third-order valence-corrected chi connectivity index (χ3v) is 6.14. The number of imidazole rings is 1. The van der Waals surface area contributed by atoms with E-state index >= 15 is 0 Å². The van der Waals surface area contributed by atoms with Crippen molar-refractivity contribution in [3.63, 3.8) is 0 Å². The van der Waals surface area contributed by atoms with Gasteiger partial charge in [-0.1, -0.05) is 11.2 Å². The smallest absolute Gasteiger partial charge is 0.226 e. The molecule has 0 aliphatic heterocycles. The van der Waals surface area contributed by atoms with Gasteiger partial charge in [0, 0.05) is 23.7 Å². The number of ether oxygens (including phenoxy) is 1. The van der Waals surface area contributed by atoms with Gasteiger partial charge in [0.2, 0.25) is 11.8 Å². The maximum atomic E-state index is 9.45.